The molecule has 0 spiro atoms. The fraction of sp³-hybridized carbons (Fsp3) is 0.529. The second-order valence-corrected chi connectivity index (χ2v) is 7.47. The average molecular weight is 448 g/mol. The Kier molecular flexibility index (Phi) is 9.48. The van der Waals surface area contributed by atoms with Gasteiger partial charge in [0.1, 0.15) is 6.04 Å². The van der Waals surface area contributed by atoms with Gasteiger partial charge in [-0.3, -0.25) is 9.59 Å². The molecule has 0 aliphatic carbocycles. The first-order chi connectivity index (χ1) is 10.9. The minimum atomic E-state index is -0.619. The van der Waals surface area contributed by atoms with Crippen LogP contribution in [0.5, 0.6) is 0 Å². The maximum atomic E-state index is 12.3. The molecule has 1 aromatic carbocycles. The van der Waals surface area contributed by atoms with E-state index in [1.165, 1.54) is 19.3 Å². The topological polar surface area (TPSA) is 72.2 Å². The van der Waals surface area contributed by atoms with E-state index in [2.05, 4.69) is 44.1 Å². The lowest BCUT2D eigenvalue weighted by molar-refractivity contribution is -0.120. The minimum absolute atomic E-state index is 0.290. The molecule has 0 saturated carbocycles. The van der Waals surface area contributed by atoms with Crippen molar-refractivity contribution in [3.8, 4) is 0 Å². The van der Waals surface area contributed by atoms with Crippen molar-refractivity contribution in [2.75, 3.05) is 0 Å². The Morgan fingerprint density at radius 1 is 1.04 bits per heavy atom. The molecule has 0 fully saturated rings. The molecule has 0 saturated heterocycles. The number of unbranched alkanes of at least 4 members (excludes halogenated alkanes) is 5. The molecule has 0 unspecified atom stereocenters. The molecule has 3 N–H and O–H groups in total. The molecule has 1 atom stereocenters. The molecular weight excluding hydrogens is 424 g/mol. The summed E-state index contributed by atoms with van der Waals surface area (Å²) in [5.41, 5.74) is 5.90. The van der Waals surface area contributed by atoms with Crippen LogP contribution < -0.4 is 11.1 Å². The summed E-state index contributed by atoms with van der Waals surface area (Å²) in [5.74, 6) is -0.775. The molecule has 1 rings (SSSR count). The Bertz CT molecular complexity index is 515. The number of primary amides is 1. The third kappa shape index (κ3) is 7.97. The van der Waals surface area contributed by atoms with Gasteiger partial charge in [0.25, 0.3) is 5.91 Å². The van der Waals surface area contributed by atoms with E-state index in [9.17, 15) is 9.59 Å². The van der Waals surface area contributed by atoms with Crippen LogP contribution in [0.15, 0.2) is 27.1 Å². The lowest BCUT2D eigenvalue weighted by Gasteiger charge is -2.15. The number of carbonyl (C=O) groups excluding carboxylic acids is 2. The third-order valence-electron chi connectivity index (χ3n) is 3.62. The Hall–Kier alpha value is -0.880. The van der Waals surface area contributed by atoms with Gasteiger partial charge in [0, 0.05) is 14.5 Å². The van der Waals surface area contributed by atoms with Crippen LogP contribution >= 0.6 is 31.9 Å². The average Bonchev–Trinajstić information content (AvgIpc) is 2.48. The highest BCUT2D eigenvalue weighted by Gasteiger charge is 2.19. The number of hydrogen-bond donors (Lipinski definition) is 2. The van der Waals surface area contributed by atoms with Crippen molar-refractivity contribution in [3.05, 3.63) is 32.7 Å². The number of rotatable bonds is 10. The first kappa shape index (κ1) is 20.2. The quantitative estimate of drug-likeness (QED) is 0.516. The summed E-state index contributed by atoms with van der Waals surface area (Å²) in [7, 11) is 0. The third-order valence-corrected chi connectivity index (χ3v) is 4.54. The van der Waals surface area contributed by atoms with Gasteiger partial charge in [0.05, 0.1) is 0 Å². The van der Waals surface area contributed by atoms with Gasteiger partial charge in [0.2, 0.25) is 5.91 Å². The summed E-state index contributed by atoms with van der Waals surface area (Å²) in [6.45, 7) is 2.18. The largest absolute Gasteiger partial charge is 0.368 e. The highest BCUT2D eigenvalue weighted by atomic mass is 79.9. The van der Waals surface area contributed by atoms with E-state index in [1.54, 1.807) is 12.1 Å². The highest BCUT2D eigenvalue weighted by Crippen LogP contribution is 2.20. The normalized spacial score (nSPS) is 12.0. The van der Waals surface area contributed by atoms with Crippen LogP contribution in [0.25, 0.3) is 0 Å². The van der Waals surface area contributed by atoms with E-state index >= 15 is 0 Å². The second kappa shape index (κ2) is 10.8. The molecule has 1 aromatic rings. The molecular formula is C17H24Br2N2O2. The minimum Gasteiger partial charge on any atom is -0.368 e. The number of halogens is 2. The van der Waals surface area contributed by atoms with Crippen molar-refractivity contribution in [1.82, 2.24) is 5.32 Å². The maximum Gasteiger partial charge on any atom is 0.252 e. The lowest BCUT2D eigenvalue weighted by Crippen LogP contribution is -2.44. The first-order valence-corrected chi connectivity index (χ1v) is 9.59. The van der Waals surface area contributed by atoms with Crippen LogP contribution in [-0.4, -0.2) is 17.9 Å². The fourth-order valence-corrected chi connectivity index (χ4v) is 3.63. The van der Waals surface area contributed by atoms with E-state index < -0.39 is 11.9 Å². The van der Waals surface area contributed by atoms with Gasteiger partial charge in [0.15, 0.2) is 0 Å². The Morgan fingerprint density at radius 2 is 1.61 bits per heavy atom. The molecule has 6 heteroatoms. The van der Waals surface area contributed by atoms with Gasteiger partial charge in [-0.1, -0.05) is 77.3 Å². The van der Waals surface area contributed by atoms with Crippen LogP contribution in [0, 0.1) is 0 Å². The van der Waals surface area contributed by atoms with Crippen LogP contribution in [0.2, 0.25) is 0 Å². The van der Waals surface area contributed by atoms with Crippen molar-refractivity contribution in [3.63, 3.8) is 0 Å². The first-order valence-electron chi connectivity index (χ1n) is 8.00. The molecule has 23 heavy (non-hydrogen) atoms. The van der Waals surface area contributed by atoms with E-state index in [0.29, 0.717) is 12.0 Å². The van der Waals surface area contributed by atoms with Crippen molar-refractivity contribution in [1.29, 1.82) is 0 Å². The number of amides is 2. The summed E-state index contributed by atoms with van der Waals surface area (Å²) in [6.07, 6.45) is 7.36. The van der Waals surface area contributed by atoms with Gasteiger partial charge in [-0.2, -0.15) is 0 Å². The molecule has 0 heterocycles. The van der Waals surface area contributed by atoms with Crippen LogP contribution in [0.4, 0.5) is 0 Å². The van der Waals surface area contributed by atoms with Gasteiger partial charge >= 0.3 is 0 Å². The van der Waals surface area contributed by atoms with Gasteiger partial charge in [-0.25, -0.2) is 0 Å². The molecule has 0 bridgehead atoms. The summed E-state index contributed by atoms with van der Waals surface area (Å²) in [5, 5.41) is 2.73. The molecule has 4 nitrogen and oxygen atoms in total. The van der Waals surface area contributed by atoms with E-state index in [-0.39, 0.29) is 5.91 Å². The van der Waals surface area contributed by atoms with Gasteiger partial charge in [-0.15, -0.1) is 0 Å². The summed E-state index contributed by atoms with van der Waals surface area (Å²) < 4.78 is 1.59. The van der Waals surface area contributed by atoms with Crippen LogP contribution in [-0.2, 0) is 4.79 Å². The Labute approximate surface area is 154 Å². The predicted molar refractivity (Wildman–Crippen MR) is 100 cm³/mol. The Morgan fingerprint density at radius 3 is 2.17 bits per heavy atom. The number of benzene rings is 1. The zero-order valence-electron chi connectivity index (χ0n) is 13.4. The molecule has 0 radical (unpaired) electrons. The van der Waals surface area contributed by atoms with E-state index in [0.717, 1.165) is 28.2 Å². The van der Waals surface area contributed by atoms with Crippen molar-refractivity contribution < 1.29 is 9.59 Å². The summed E-state index contributed by atoms with van der Waals surface area (Å²) in [4.78, 5) is 23.8. The van der Waals surface area contributed by atoms with E-state index in [1.807, 2.05) is 6.07 Å². The van der Waals surface area contributed by atoms with Gasteiger partial charge < -0.3 is 11.1 Å². The zero-order valence-corrected chi connectivity index (χ0v) is 16.6. The number of nitrogens with one attached hydrogen (secondary N) is 1. The number of nitrogens with two attached hydrogens (primary N) is 1. The Balaban J connectivity index is 2.51. The number of carbonyl (C=O) groups is 2. The highest BCUT2D eigenvalue weighted by molar-refractivity contribution is 9.11. The van der Waals surface area contributed by atoms with Crippen LogP contribution in [0.1, 0.15) is 62.2 Å². The van der Waals surface area contributed by atoms with Gasteiger partial charge in [-0.05, 0) is 24.6 Å². The molecule has 128 valence electrons. The second-order valence-electron chi connectivity index (χ2n) is 5.64. The van der Waals surface area contributed by atoms with Crippen molar-refractivity contribution in [2.45, 2.75) is 57.9 Å². The fourth-order valence-electron chi connectivity index (χ4n) is 2.34. The smallest absolute Gasteiger partial charge is 0.252 e. The summed E-state index contributed by atoms with van der Waals surface area (Å²) in [6, 6.07) is 4.65. The SMILES string of the molecule is CCCCCCCC[C@@H](NC(=O)c1cc(Br)cc(Br)c1)C(N)=O. The van der Waals surface area contributed by atoms with Crippen molar-refractivity contribution in [2.24, 2.45) is 5.73 Å². The van der Waals surface area contributed by atoms with E-state index in [4.69, 9.17) is 5.73 Å². The monoisotopic (exact) mass is 446 g/mol. The maximum absolute atomic E-state index is 12.3. The lowest BCUT2D eigenvalue weighted by atomic mass is 10.0. The predicted octanol–water partition coefficient (Wildman–Crippen LogP) is 4.55. The number of hydrogen-bond acceptors (Lipinski definition) is 2. The molecule has 0 aromatic heterocycles. The molecule has 0 aliphatic rings. The zero-order chi connectivity index (χ0) is 17.2. The standard InChI is InChI=1S/C17H24Br2N2O2/c1-2-3-4-5-6-7-8-15(16(20)22)21-17(23)12-9-13(18)11-14(19)10-12/h9-11,15H,2-8H2,1H3,(H2,20,22)(H,21,23)/t15-/m1/s1. The van der Waals surface area contributed by atoms with Crippen molar-refractivity contribution >= 4 is 43.7 Å². The molecule has 0 aliphatic heterocycles. The van der Waals surface area contributed by atoms with Crippen LogP contribution in [0.3, 0.4) is 0 Å². The molecule has 2 amide bonds. The summed E-state index contributed by atoms with van der Waals surface area (Å²) >= 11 is 6.69.